The zero-order chi connectivity index (χ0) is 14.5. The van der Waals surface area contributed by atoms with Crippen LogP contribution in [-0.2, 0) is 0 Å². The minimum atomic E-state index is 0.997. The van der Waals surface area contributed by atoms with Crippen LogP contribution in [-0.4, -0.2) is 0 Å². The van der Waals surface area contributed by atoms with E-state index in [2.05, 4.69) is 39.3 Å². The van der Waals surface area contributed by atoms with Crippen molar-refractivity contribution in [2.75, 3.05) is 0 Å². The molecule has 0 bridgehead atoms. The molecule has 0 radical (unpaired) electrons. The monoisotopic (exact) mass is 250 g/mol. The summed E-state index contributed by atoms with van der Waals surface area (Å²) in [6.07, 6.45) is 18.5. The van der Waals surface area contributed by atoms with Gasteiger partial charge in [0.05, 0.1) is 0 Å². The first-order chi connectivity index (χ1) is 8.83. The van der Waals surface area contributed by atoms with E-state index in [4.69, 9.17) is 0 Å². The fraction of sp³-hybridized carbons (Fsp3) is 0.556. The molecule has 0 aromatic heterocycles. The number of hydrogen-bond donors (Lipinski definition) is 0. The highest BCUT2D eigenvalue weighted by Gasteiger charge is 1.86. The largest absolute Gasteiger partial charge is 0.106 e. The average Bonchev–Trinajstić information content (AvgIpc) is 2.43. The van der Waals surface area contributed by atoms with Crippen LogP contribution in [0.1, 0.15) is 65.2 Å². The Morgan fingerprint density at radius 3 is 1.78 bits per heavy atom. The Hall–Kier alpha value is -1.04. The summed E-state index contributed by atoms with van der Waals surface area (Å²) in [6.45, 7) is 17.5. The maximum absolute atomic E-state index is 3.69. The third-order valence-electron chi connectivity index (χ3n) is 2.30. The molecule has 0 aliphatic rings. The molecule has 0 fully saturated rings. The van der Waals surface area contributed by atoms with Crippen molar-refractivity contribution in [3.8, 4) is 0 Å². The predicted molar refractivity (Wildman–Crippen MR) is 89.1 cm³/mol. The molecular weight excluding hydrogens is 216 g/mol. The summed E-state index contributed by atoms with van der Waals surface area (Å²) in [6, 6.07) is 0. The number of rotatable bonds is 9. The summed E-state index contributed by atoms with van der Waals surface area (Å²) in [4.78, 5) is 0. The lowest BCUT2D eigenvalue weighted by Gasteiger charge is -1.96. The molecule has 18 heavy (non-hydrogen) atoms. The van der Waals surface area contributed by atoms with Gasteiger partial charge in [0.1, 0.15) is 0 Å². The van der Waals surface area contributed by atoms with Crippen molar-refractivity contribution in [1.29, 1.82) is 0 Å². The molecule has 106 valence electrons. The zero-order valence-corrected chi connectivity index (χ0v) is 12.8. The second-order valence-corrected chi connectivity index (χ2v) is 3.94. The van der Waals surface area contributed by atoms with Crippen LogP contribution in [0.4, 0.5) is 0 Å². The van der Waals surface area contributed by atoms with Crippen LogP contribution in [0.25, 0.3) is 0 Å². The van der Waals surface area contributed by atoms with Crippen LogP contribution in [0.5, 0.6) is 0 Å². The molecule has 0 heteroatoms. The third kappa shape index (κ3) is 36.3. The molecule has 0 saturated heterocycles. The van der Waals surface area contributed by atoms with Gasteiger partial charge in [0.15, 0.2) is 0 Å². The van der Waals surface area contributed by atoms with Crippen molar-refractivity contribution in [2.24, 2.45) is 0 Å². The topological polar surface area (TPSA) is 0 Å². The van der Waals surface area contributed by atoms with E-state index < -0.39 is 0 Å². The molecule has 0 nitrogen and oxygen atoms in total. The quantitative estimate of drug-likeness (QED) is 0.309. The van der Waals surface area contributed by atoms with Gasteiger partial charge in [-0.2, -0.15) is 0 Å². The number of unbranched alkanes of at least 4 members (excludes halogenated alkanes) is 6. The Kier molecular flexibility index (Phi) is 36.6. The lowest BCUT2D eigenvalue weighted by molar-refractivity contribution is 0.611. The third-order valence-corrected chi connectivity index (χ3v) is 2.30. The van der Waals surface area contributed by atoms with Gasteiger partial charge in [0.2, 0.25) is 0 Å². The van der Waals surface area contributed by atoms with E-state index in [-0.39, 0.29) is 0 Å². The summed E-state index contributed by atoms with van der Waals surface area (Å²) in [7, 11) is 0. The predicted octanol–water partition coefficient (Wildman–Crippen LogP) is 6.86. The minimum absolute atomic E-state index is 0.997. The van der Waals surface area contributed by atoms with E-state index in [9.17, 15) is 0 Å². The van der Waals surface area contributed by atoms with Crippen LogP contribution >= 0.6 is 0 Å². The van der Waals surface area contributed by atoms with Gasteiger partial charge in [-0.3, -0.25) is 0 Å². The molecular formula is C18H34. The summed E-state index contributed by atoms with van der Waals surface area (Å²) in [5, 5.41) is 0. The van der Waals surface area contributed by atoms with E-state index in [1.165, 1.54) is 44.9 Å². The van der Waals surface area contributed by atoms with Crippen LogP contribution in [0, 0.1) is 0 Å². The summed E-state index contributed by atoms with van der Waals surface area (Å²) in [5.74, 6) is 0. The van der Waals surface area contributed by atoms with Crippen LogP contribution < -0.4 is 0 Å². The van der Waals surface area contributed by atoms with E-state index in [0.717, 1.165) is 6.42 Å². The normalized spacial score (nSPS) is 8.78. The maximum atomic E-state index is 3.69. The second-order valence-electron chi connectivity index (χ2n) is 3.94. The first kappa shape index (κ1) is 22.2. The maximum Gasteiger partial charge on any atom is -0.0172 e. The van der Waals surface area contributed by atoms with Crippen LogP contribution in [0.3, 0.4) is 0 Å². The molecule has 0 aliphatic carbocycles. The van der Waals surface area contributed by atoms with E-state index >= 15 is 0 Å². The summed E-state index contributed by atoms with van der Waals surface area (Å²) in [5.41, 5.74) is 0. The molecule has 0 aromatic rings. The van der Waals surface area contributed by atoms with E-state index in [1.807, 2.05) is 25.2 Å². The summed E-state index contributed by atoms with van der Waals surface area (Å²) >= 11 is 0. The molecule has 0 aromatic carbocycles. The zero-order valence-electron chi connectivity index (χ0n) is 12.8. The molecule has 0 spiro atoms. The molecule has 0 atom stereocenters. The molecule has 0 heterocycles. The van der Waals surface area contributed by atoms with Gasteiger partial charge in [-0.1, -0.05) is 63.3 Å². The molecule has 0 saturated carbocycles. The van der Waals surface area contributed by atoms with Crippen molar-refractivity contribution >= 4 is 0 Å². The molecule has 0 rings (SSSR count). The van der Waals surface area contributed by atoms with Gasteiger partial charge >= 0.3 is 0 Å². The highest BCUT2D eigenvalue weighted by atomic mass is 13.9. The van der Waals surface area contributed by atoms with Gasteiger partial charge in [0, 0.05) is 0 Å². The van der Waals surface area contributed by atoms with E-state index in [0.29, 0.717) is 0 Å². The highest BCUT2D eigenvalue weighted by Crippen LogP contribution is 2.06. The number of hydrogen-bond acceptors (Lipinski definition) is 0. The van der Waals surface area contributed by atoms with Gasteiger partial charge in [0.25, 0.3) is 0 Å². The fourth-order valence-corrected chi connectivity index (χ4v) is 1.30. The molecule has 0 N–H and O–H groups in total. The Morgan fingerprint density at radius 2 is 1.39 bits per heavy atom. The van der Waals surface area contributed by atoms with Gasteiger partial charge < -0.3 is 0 Å². The van der Waals surface area contributed by atoms with Gasteiger partial charge in [-0.25, -0.2) is 0 Å². The highest BCUT2D eigenvalue weighted by molar-refractivity contribution is 4.85. The Balaban J connectivity index is -0.000000241. The Bertz CT molecular complexity index is 165. The Morgan fingerprint density at radius 1 is 0.833 bits per heavy atom. The first-order valence-corrected chi connectivity index (χ1v) is 7.16. The van der Waals surface area contributed by atoms with Crippen molar-refractivity contribution in [1.82, 2.24) is 0 Å². The molecule has 0 unspecified atom stereocenters. The van der Waals surface area contributed by atoms with Crippen LogP contribution in [0.15, 0.2) is 50.6 Å². The second kappa shape index (κ2) is 29.7. The van der Waals surface area contributed by atoms with E-state index in [1.54, 1.807) is 0 Å². The molecule has 0 aliphatic heterocycles. The van der Waals surface area contributed by atoms with Crippen molar-refractivity contribution in [2.45, 2.75) is 65.2 Å². The first-order valence-electron chi connectivity index (χ1n) is 7.16. The van der Waals surface area contributed by atoms with Crippen molar-refractivity contribution < 1.29 is 0 Å². The number of allylic oxidation sites excluding steroid dienone is 4. The summed E-state index contributed by atoms with van der Waals surface area (Å²) < 4.78 is 0. The van der Waals surface area contributed by atoms with Gasteiger partial charge in [-0.05, 0) is 26.2 Å². The smallest absolute Gasteiger partial charge is 0.0172 e. The standard InChI is InChI=1S/C10H20.C6H10.C2H4/c1-3-5-7-9-10-8-6-4-2;1-3-5-6-4-2;1-2/h3H,1,4-10H2,2H3;3-4,6H,1,5H2,2H3;1-2H2/b;6-4+;. The SMILES string of the molecule is C=C.C=CC/C=C/C.C=CCCCCCCCC. The lowest BCUT2D eigenvalue weighted by Crippen LogP contribution is -1.76. The van der Waals surface area contributed by atoms with Gasteiger partial charge in [-0.15, -0.1) is 26.3 Å². The van der Waals surface area contributed by atoms with Crippen molar-refractivity contribution in [3.63, 3.8) is 0 Å². The average molecular weight is 250 g/mol. The Labute approximate surface area is 116 Å². The lowest BCUT2D eigenvalue weighted by atomic mass is 10.1. The van der Waals surface area contributed by atoms with Crippen LogP contribution in [0.2, 0.25) is 0 Å². The fourth-order valence-electron chi connectivity index (χ4n) is 1.30. The minimum Gasteiger partial charge on any atom is -0.106 e. The molecule has 0 amide bonds. The van der Waals surface area contributed by atoms with Crippen molar-refractivity contribution in [3.05, 3.63) is 50.6 Å².